The van der Waals surface area contributed by atoms with Gasteiger partial charge in [-0.1, -0.05) is 6.07 Å². The quantitative estimate of drug-likeness (QED) is 0.657. The van der Waals surface area contributed by atoms with Crippen LogP contribution in [-0.4, -0.2) is 19.9 Å². The number of rotatable bonds is 4. The van der Waals surface area contributed by atoms with E-state index in [1.54, 1.807) is 29.5 Å². The fraction of sp³-hybridized carbons (Fsp3) is 0.368. The van der Waals surface area contributed by atoms with Gasteiger partial charge in [-0.05, 0) is 44.7 Å². The van der Waals surface area contributed by atoms with Crippen molar-refractivity contribution in [3.8, 4) is 11.5 Å². The largest absolute Gasteiger partial charge is 0.433 e. The number of nitrogens with one attached hydrogen (secondary N) is 1. The molecule has 0 spiro atoms. The summed E-state index contributed by atoms with van der Waals surface area (Å²) in [4.78, 5) is 17.9. The van der Waals surface area contributed by atoms with Gasteiger partial charge in [-0.15, -0.1) is 11.3 Å². The summed E-state index contributed by atoms with van der Waals surface area (Å²) in [5, 5.41) is 3.92. The van der Waals surface area contributed by atoms with Crippen LogP contribution in [0.1, 0.15) is 47.1 Å². The highest BCUT2D eigenvalue weighted by atomic mass is 32.1. The van der Waals surface area contributed by atoms with Gasteiger partial charge in [-0.2, -0.15) is 13.2 Å². The number of hydrogen-bond donors (Lipinski definition) is 1. The van der Waals surface area contributed by atoms with Crippen LogP contribution in [-0.2, 0) is 19.0 Å². The van der Waals surface area contributed by atoms with E-state index in [1.807, 2.05) is 6.92 Å². The van der Waals surface area contributed by atoms with E-state index in [9.17, 15) is 13.2 Å². The first-order valence-electron chi connectivity index (χ1n) is 9.03. The summed E-state index contributed by atoms with van der Waals surface area (Å²) in [5.74, 6) is 0.0345. The molecule has 1 aliphatic rings. The summed E-state index contributed by atoms with van der Waals surface area (Å²) in [6.07, 6.45) is 1.20. The zero-order valence-corrected chi connectivity index (χ0v) is 15.9. The van der Waals surface area contributed by atoms with E-state index < -0.39 is 11.9 Å². The van der Waals surface area contributed by atoms with Gasteiger partial charge in [0.25, 0.3) is 0 Å². The number of nitrogens with zero attached hydrogens (tertiary/aromatic N) is 4. The van der Waals surface area contributed by atoms with E-state index in [4.69, 9.17) is 0 Å². The molecule has 1 atom stereocenters. The summed E-state index contributed by atoms with van der Waals surface area (Å²) >= 11 is 1.62. The molecule has 0 aromatic carbocycles. The minimum Gasteiger partial charge on any atom is -0.361 e. The Morgan fingerprint density at radius 3 is 2.64 bits per heavy atom. The van der Waals surface area contributed by atoms with E-state index in [1.165, 1.54) is 11.1 Å². The molecule has 0 aliphatic heterocycles. The van der Waals surface area contributed by atoms with Gasteiger partial charge in [0.05, 0.1) is 11.7 Å². The lowest BCUT2D eigenvalue weighted by Gasteiger charge is -2.15. The Hall–Kier alpha value is -2.55. The van der Waals surface area contributed by atoms with Gasteiger partial charge in [0.1, 0.15) is 16.5 Å². The average molecular weight is 405 g/mol. The molecule has 3 heterocycles. The first-order chi connectivity index (χ1) is 13.4. The van der Waals surface area contributed by atoms with Crippen LogP contribution in [0.5, 0.6) is 0 Å². The van der Waals surface area contributed by atoms with Crippen molar-refractivity contribution in [2.45, 2.75) is 44.8 Å². The zero-order chi connectivity index (χ0) is 19.7. The predicted octanol–water partition coefficient (Wildman–Crippen LogP) is 5.07. The van der Waals surface area contributed by atoms with E-state index in [0.29, 0.717) is 0 Å². The molecule has 1 N–H and O–H groups in total. The fourth-order valence-electron chi connectivity index (χ4n) is 3.12. The lowest BCUT2D eigenvalue weighted by molar-refractivity contribution is -0.141. The Morgan fingerprint density at radius 1 is 1.11 bits per heavy atom. The van der Waals surface area contributed by atoms with Crippen LogP contribution >= 0.6 is 11.3 Å². The van der Waals surface area contributed by atoms with Gasteiger partial charge in [-0.25, -0.2) is 15.0 Å². The molecule has 9 heteroatoms. The van der Waals surface area contributed by atoms with E-state index in [-0.39, 0.29) is 23.4 Å². The van der Waals surface area contributed by atoms with Gasteiger partial charge in [0.2, 0.25) is 0 Å². The molecule has 0 saturated carbocycles. The number of anilines is 1. The second-order valence-electron chi connectivity index (χ2n) is 6.67. The van der Waals surface area contributed by atoms with Gasteiger partial charge < -0.3 is 5.32 Å². The van der Waals surface area contributed by atoms with Gasteiger partial charge in [0.15, 0.2) is 11.5 Å². The molecule has 3 aromatic rings. The van der Waals surface area contributed by atoms with Crippen molar-refractivity contribution in [1.29, 1.82) is 0 Å². The van der Waals surface area contributed by atoms with Crippen LogP contribution < -0.4 is 5.32 Å². The van der Waals surface area contributed by atoms with E-state index >= 15 is 0 Å². The second kappa shape index (κ2) is 7.46. The second-order valence-corrected chi connectivity index (χ2v) is 7.79. The minimum atomic E-state index is -4.58. The molecule has 0 amide bonds. The van der Waals surface area contributed by atoms with Crippen LogP contribution in [0.4, 0.5) is 19.0 Å². The molecular formula is C19H18F3N5S. The SMILES string of the molecule is C[C@H](Nc1cc(C(F)(F)F)nc(-c2ccccn2)n1)c1nc2c(s1)CCCC2. The third kappa shape index (κ3) is 3.99. The molecule has 4 rings (SSSR count). The maximum absolute atomic E-state index is 13.3. The number of aromatic nitrogens is 4. The summed E-state index contributed by atoms with van der Waals surface area (Å²) in [7, 11) is 0. The Bertz CT molecular complexity index is 948. The van der Waals surface area contributed by atoms with Crippen molar-refractivity contribution in [1.82, 2.24) is 19.9 Å². The highest BCUT2D eigenvalue weighted by Gasteiger charge is 2.34. The number of alkyl halides is 3. The van der Waals surface area contributed by atoms with Crippen LogP contribution in [0.25, 0.3) is 11.5 Å². The van der Waals surface area contributed by atoms with Gasteiger partial charge >= 0.3 is 6.18 Å². The van der Waals surface area contributed by atoms with Crippen LogP contribution in [0.15, 0.2) is 30.5 Å². The minimum absolute atomic E-state index is 0.0661. The molecular weight excluding hydrogens is 387 g/mol. The average Bonchev–Trinajstić information content (AvgIpc) is 3.12. The molecule has 0 saturated heterocycles. The zero-order valence-electron chi connectivity index (χ0n) is 15.1. The third-order valence-corrected chi connectivity index (χ3v) is 5.85. The molecule has 28 heavy (non-hydrogen) atoms. The predicted molar refractivity (Wildman–Crippen MR) is 101 cm³/mol. The van der Waals surface area contributed by atoms with Crippen molar-refractivity contribution >= 4 is 17.2 Å². The fourth-order valence-corrected chi connectivity index (χ4v) is 4.27. The number of hydrogen-bond acceptors (Lipinski definition) is 6. The molecule has 5 nitrogen and oxygen atoms in total. The van der Waals surface area contributed by atoms with E-state index in [2.05, 4.69) is 25.3 Å². The molecule has 0 radical (unpaired) electrons. The van der Waals surface area contributed by atoms with Crippen LogP contribution in [0.3, 0.4) is 0 Å². The number of aryl methyl sites for hydroxylation is 2. The number of thiazole rings is 1. The molecule has 0 fully saturated rings. The summed E-state index contributed by atoms with van der Waals surface area (Å²) in [6, 6.07) is 5.61. The number of fused-ring (bicyclic) bond motifs is 1. The van der Waals surface area contributed by atoms with Crippen molar-refractivity contribution in [3.63, 3.8) is 0 Å². The van der Waals surface area contributed by atoms with Gasteiger partial charge in [-0.3, -0.25) is 4.98 Å². The van der Waals surface area contributed by atoms with Crippen molar-refractivity contribution in [2.75, 3.05) is 5.32 Å². The smallest absolute Gasteiger partial charge is 0.361 e. The first-order valence-corrected chi connectivity index (χ1v) is 9.84. The summed E-state index contributed by atoms with van der Waals surface area (Å²) in [5.41, 5.74) is 0.401. The molecule has 0 bridgehead atoms. The first kappa shape index (κ1) is 18.8. The number of pyridine rings is 1. The topological polar surface area (TPSA) is 63.6 Å². The summed E-state index contributed by atoms with van der Waals surface area (Å²) in [6.45, 7) is 1.88. The molecule has 3 aromatic heterocycles. The van der Waals surface area contributed by atoms with Gasteiger partial charge in [0, 0.05) is 17.1 Å². The normalized spacial score (nSPS) is 15.1. The lowest BCUT2D eigenvalue weighted by atomic mass is 10.0. The number of halogens is 3. The Morgan fingerprint density at radius 2 is 1.93 bits per heavy atom. The van der Waals surface area contributed by atoms with Crippen molar-refractivity contribution in [3.05, 3.63) is 51.7 Å². The molecule has 0 unspecified atom stereocenters. The monoisotopic (exact) mass is 405 g/mol. The van der Waals surface area contributed by atoms with Crippen molar-refractivity contribution < 1.29 is 13.2 Å². The standard InChI is InChI=1S/C19H18F3N5S/c1-11(18-25-12-6-2-3-8-14(12)28-18)24-16-10-15(19(20,21)22)26-17(27-16)13-7-4-5-9-23-13/h4-5,7,9-11H,2-3,6,8H2,1H3,(H,24,26,27)/t11-/m0/s1. The Kier molecular flexibility index (Phi) is 5.01. The third-order valence-electron chi connectivity index (χ3n) is 4.51. The highest BCUT2D eigenvalue weighted by Crippen LogP contribution is 2.33. The maximum Gasteiger partial charge on any atom is 0.433 e. The van der Waals surface area contributed by atoms with Crippen molar-refractivity contribution in [2.24, 2.45) is 0 Å². The van der Waals surface area contributed by atoms with Crippen LogP contribution in [0, 0.1) is 0 Å². The maximum atomic E-state index is 13.3. The Balaban J connectivity index is 1.65. The Labute approximate surface area is 164 Å². The summed E-state index contributed by atoms with van der Waals surface area (Å²) < 4.78 is 40.0. The molecule has 146 valence electrons. The molecule has 1 aliphatic carbocycles. The lowest BCUT2D eigenvalue weighted by Crippen LogP contribution is -2.14. The van der Waals surface area contributed by atoms with Crippen LogP contribution in [0.2, 0.25) is 0 Å². The van der Waals surface area contributed by atoms with E-state index in [0.717, 1.165) is 42.5 Å². The highest BCUT2D eigenvalue weighted by molar-refractivity contribution is 7.11.